The first-order valence-electron chi connectivity index (χ1n) is 5.95. The third kappa shape index (κ3) is 3.70. The van der Waals surface area contributed by atoms with E-state index in [1.54, 1.807) is 18.5 Å². The number of nitrogens with two attached hydrogens (primary N) is 1. The van der Waals surface area contributed by atoms with Gasteiger partial charge in [0.05, 0.1) is 5.70 Å². The third-order valence-corrected chi connectivity index (χ3v) is 2.78. The minimum absolute atomic E-state index is 0.0576. The maximum atomic E-state index is 13.2. The lowest BCUT2D eigenvalue weighted by atomic mass is 10.1. The van der Waals surface area contributed by atoms with Crippen LogP contribution in [0, 0.1) is 5.82 Å². The minimum atomic E-state index is -0.300. The van der Waals surface area contributed by atoms with Gasteiger partial charge in [0, 0.05) is 41.3 Å². The molecule has 0 spiro atoms. The van der Waals surface area contributed by atoms with E-state index < -0.39 is 0 Å². The van der Waals surface area contributed by atoms with E-state index >= 15 is 0 Å². The number of nitrogens with one attached hydrogen (secondary N) is 2. The zero-order chi connectivity index (χ0) is 15.2. The van der Waals surface area contributed by atoms with Crippen molar-refractivity contribution in [3.63, 3.8) is 0 Å². The molecule has 0 saturated carbocycles. The molecule has 5 nitrogen and oxygen atoms in total. The second-order valence-electron chi connectivity index (χ2n) is 4.01. The molecule has 0 radical (unpaired) electrons. The van der Waals surface area contributed by atoms with Gasteiger partial charge in [-0.3, -0.25) is 4.99 Å². The summed E-state index contributed by atoms with van der Waals surface area (Å²) in [6.45, 7) is 3.53. The van der Waals surface area contributed by atoms with Crippen LogP contribution in [0.1, 0.15) is 5.56 Å². The number of hydrogen-bond acceptors (Lipinski definition) is 3. The van der Waals surface area contributed by atoms with E-state index in [-0.39, 0.29) is 11.1 Å². The molecule has 0 bridgehead atoms. The number of aromatic amines is 1. The van der Waals surface area contributed by atoms with Crippen LogP contribution in [0.3, 0.4) is 0 Å². The van der Waals surface area contributed by atoms with Crippen molar-refractivity contribution in [3.8, 4) is 0 Å². The molecule has 0 aliphatic rings. The molecule has 0 aliphatic heterocycles. The van der Waals surface area contributed by atoms with Crippen molar-refractivity contribution in [2.24, 2.45) is 15.7 Å². The Morgan fingerprint density at radius 1 is 1.48 bits per heavy atom. The number of aromatic nitrogens is 1. The first-order valence-corrected chi connectivity index (χ1v) is 6.33. The fourth-order valence-corrected chi connectivity index (χ4v) is 1.85. The average molecular weight is 306 g/mol. The lowest BCUT2D eigenvalue weighted by Gasteiger charge is -2.00. The second kappa shape index (κ2) is 6.71. The maximum absolute atomic E-state index is 13.2. The van der Waals surface area contributed by atoms with Crippen LogP contribution in [0.2, 0.25) is 0 Å². The van der Waals surface area contributed by atoms with Crippen molar-refractivity contribution in [2.75, 3.05) is 0 Å². The Morgan fingerprint density at radius 3 is 3.00 bits per heavy atom. The average Bonchev–Trinajstić information content (AvgIpc) is 2.85. The molecule has 2 rings (SSSR count). The fraction of sp³-hybridized carbons (Fsp3) is 0. The molecule has 4 N–H and O–H groups in total. The molecule has 0 unspecified atom stereocenters. The zero-order valence-electron chi connectivity index (χ0n) is 11.0. The van der Waals surface area contributed by atoms with Gasteiger partial charge in [-0.25, -0.2) is 9.38 Å². The Labute approximate surface area is 125 Å². The number of rotatable bonds is 5. The fourth-order valence-electron chi connectivity index (χ4n) is 1.80. The molecule has 108 valence electrons. The number of H-pyrrole nitrogens is 1. The van der Waals surface area contributed by atoms with Gasteiger partial charge < -0.3 is 16.0 Å². The number of aliphatic imine (C=N–C) groups is 2. The Hall–Kier alpha value is -2.60. The Balaban J connectivity index is 2.25. The van der Waals surface area contributed by atoms with E-state index in [1.807, 2.05) is 0 Å². The van der Waals surface area contributed by atoms with E-state index in [1.165, 1.54) is 24.5 Å². The van der Waals surface area contributed by atoms with Crippen LogP contribution >= 0.6 is 11.6 Å². The van der Waals surface area contributed by atoms with Gasteiger partial charge in [0.1, 0.15) is 5.82 Å². The highest BCUT2D eigenvalue weighted by Gasteiger charge is 2.07. The van der Waals surface area contributed by atoms with Crippen molar-refractivity contribution in [1.82, 2.24) is 10.3 Å². The summed E-state index contributed by atoms with van der Waals surface area (Å²) < 4.78 is 13.2. The number of fused-ring (bicyclic) bond motifs is 1. The van der Waals surface area contributed by atoms with Crippen LogP contribution in [-0.4, -0.2) is 17.0 Å². The monoisotopic (exact) mass is 305 g/mol. The van der Waals surface area contributed by atoms with E-state index in [4.69, 9.17) is 17.3 Å². The van der Waals surface area contributed by atoms with Crippen LogP contribution in [0.4, 0.5) is 4.39 Å². The summed E-state index contributed by atoms with van der Waals surface area (Å²) in [6.07, 6.45) is 6.32. The van der Waals surface area contributed by atoms with Gasteiger partial charge in [-0.1, -0.05) is 0 Å². The number of hydrogen-bond donors (Lipinski definition) is 3. The number of halogens is 2. The minimum Gasteiger partial charge on any atom is -0.374 e. The van der Waals surface area contributed by atoms with Crippen LogP contribution in [0.15, 0.2) is 53.0 Å². The van der Waals surface area contributed by atoms with E-state index in [9.17, 15) is 4.39 Å². The summed E-state index contributed by atoms with van der Waals surface area (Å²) in [5, 5.41) is 3.66. The maximum Gasteiger partial charge on any atom is 0.193 e. The van der Waals surface area contributed by atoms with E-state index in [2.05, 4.69) is 27.0 Å². The molecule has 0 atom stereocenters. The van der Waals surface area contributed by atoms with Gasteiger partial charge >= 0.3 is 0 Å². The Kier molecular flexibility index (Phi) is 4.73. The molecule has 21 heavy (non-hydrogen) atoms. The van der Waals surface area contributed by atoms with Crippen molar-refractivity contribution in [2.45, 2.75) is 0 Å². The number of amidine groups is 1. The van der Waals surface area contributed by atoms with Crippen molar-refractivity contribution in [1.29, 1.82) is 0 Å². The number of benzene rings is 1. The normalized spacial score (nSPS) is 13.0. The van der Waals surface area contributed by atoms with Crippen molar-refractivity contribution in [3.05, 3.63) is 54.4 Å². The molecular formula is C14H13ClFN5. The standard InChI is InChI=1S/C14H13ClFN5/c1-18-13(8-19-4-5-20-14(15)17)11-7-21-12-6-9(16)2-3-10(11)12/h2-8,19,21H,1H2,(H2,17,20)/b5-4-,13-8-. The van der Waals surface area contributed by atoms with Gasteiger partial charge in [0.15, 0.2) is 5.29 Å². The molecule has 1 aromatic heterocycles. The summed E-state index contributed by atoms with van der Waals surface area (Å²) in [5.41, 5.74) is 7.26. The predicted octanol–water partition coefficient (Wildman–Crippen LogP) is 2.92. The third-order valence-electron chi connectivity index (χ3n) is 2.68. The Bertz CT molecular complexity index is 741. The van der Waals surface area contributed by atoms with Gasteiger partial charge in [-0.05, 0) is 36.5 Å². The second-order valence-corrected chi connectivity index (χ2v) is 4.40. The van der Waals surface area contributed by atoms with Gasteiger partial charge in [0.2, 0.25) is 0 Å². The summed E-state index contributed by atoms with van der Waals surface area (Å²) in [6, 6.07) is 4.50. The molecular weight excluding hydrogens is 293 g/mol. The lowest BCUT2D eigenvalue weighted by molar-refractivity contribution is 0.629. The molecule has 2 aromatic rings. The lowest BCUT2D eigenvalue weighted by Crippen LogP contribution is -2.00. The van der Waals surface area contributed by atoms with Crippen LogP contribution in [0.25, 0.3) is 16.6 Å². The zero-order valence-corrected chi connectivity index (χ0v) is 11.7. The SMILES string of the molecule is C=N/C(=C\N/C=C\N=C(\N)Cl)c1c[nH]c2cc(F)ccc12. The molecule has 1 heterocycles. The van der Waals surface area contributed by atoms with Gasteiger partial charge in [-0.15, -0.1) is 0 Å². The predicted molar refractivity (Wildman–Crippen MR) is 85.5 cm³/mol. The highest BCUT2D eigenvalue weighted by molar-refractivity contribution is 6.64. The van der Waals surface area contributed by atoms with Gasteiger partial charge in [-0.2, -0.15) is 0 Å². The van der Waals surface area contributed by atoms with Crippen LogP contribution in [-0.2, 0) is 0 Å². The molecule has 0 amide bonds. The summed E-state index contributed by atoms with van der Waals surface area (Å²) >= 11 is 5.38. The number of nitrogens with zero attached hydrogens (tertiary/aromatic N) is 2. The van der Waals surface area contributed by atoms with E-state index in [0.29, 0.717) is 11.2 Å². The quantitative estimate of drug-likeness (QED) is 0.451. The summed E-state index contributed by atoms with van der Waals surface area (Å²) in [7, 11) is 0. The van der Waals surface area contributed by atoms with Crippen LogP contribution in [0.5, 0.6) is 0 Å². The summed E-state index contributed by atoms with van der Waals surface area (Å²) in [4.78, 5) is 10.6. The summed E-state index contributed by atoms with van der Waals surface area (Å²) in [5.74, 6) is -0.300. The topological polar surface area (TPSA) is 78.6 Å². The molecule has 0 aliphatic carbocycles. The smallest absolute Gasteiger partial charge is 0.193 e. The van der Waals surface area contributed by atoms with E-state index in [0.717, 1.165) is 10.9 Å². The molecule has 7 heteroatoms. The molecule has 0 saturated heterocycles. The molecule has 1 aromatic carbocycles. The van der Waals surface area contributed by atoms with Crippen molar-refractivity contribution < 1.29 is 4.39 Å². The highest BCUT2D eigenvalue weighted by atomic mass is 35.5. The molecule has 0 fully saturated rings. The first kappa shape index (κ1) is 14.8. The highest BCUT2D eigenvalue weighted by Crippen LogP contribution is 2.25. The van der Waals surface area contributed by atoms with Crippen LogP contribution < -0.4 is 11.1 Å². The van der Waals surface area contributed by atoms with Crippen molar-refractivity contribution >= 4 is 40.2 Å². The largest absolute Gasteiger partial charge is 0.374 e. The Morgan fingerprint density at radius 2 is 2.29 bits per heavy atom. The van der Waals surface area contributed by atoms with Gasteiger partial charge in [0.25, 0.3) is 0 Å². The first-order chi connectivity index (χ1) is 10.1.